The monoisotopic (exact) mass is 225 g/mol. The van der Waals surface area contributed by atoms with Gasteiger partial charge in [0.2, 0.25) is 0 Å². The molecule has 0 saturated heterocycles. The number of nitrogens with zero attached hydrogens (tertiary/aromatic N) is 2. The number of rotatable bonds is 3. The summed E-state index contributed by atoms with van der Waals surface area (Å²) < 4.78 is 1.35. The minimum Gasteiger partial charge on any atom is -0.394 e. The largest absolute Gasteiger partial charge is 0.394 e. The van der Waals surface area contributed by atoms with E-state index in [0.717, 1.165) is 12.2 Å². The number of aliphatic hydroxyl groups is 2. The molecule has 3 N–H and O–H groups in total. The lowest BCUT2D eigenvalue weighted by molar-refractivity contribution is 0.0800. The number of fused-ring (bicyclic) bond motifs is 1. The van der Waals surface area contributed by atoms with E-state index < -0.39 is 6.10 Å². The molecule has 0 saturated carbocycles. The lowest BCUT2D eigenvalue weighted by Crippen LogP contribution is -2.36. The molecule has 0 aromatic carbocycles. The van der Waals surface area contributed by atoms with Crippen LogP contribution in [0.25, 0.3) is 0 Å². The Morgan fingerprint density at radius 1 is 1.62 bits per heavy atom. The summed E-state index contributed by atoms with van der Waals surface area (Å²) in [6.45, 7) is 1.12. The first-order valence-corrected chi connectivity index (χ1v) is 5.29. The molecule has 0 amide bonds. The number of aromatic nitrogens is 2. The predicted octanol–water partition coefficient (Wildman–Crippen LogP) is -1.76. The third-order valence-electron chi connectivity index (χ3n) is 2.68. The van der Waals surface area contributed by atoms with E-state index in [-0.39, 0.29) is 18.7 Å². The highest BCUT2D eigenvalue weighted by molar-refractivity contribution is 5.19. The van der Waals surface area contributed by atoms with Crippen LogP contribution in [0.1, 0.15) is 11.3 Å². The predicted molar refractivity (Wildman–Crippen MR) is 57.0 cm³/mol. The average molecular weight is 225 g/mol. The van der Waals surface area contributed by atoms with Crippen molar-refractivity contribution in [2.24, 2.45) is 0 Å². The van der Waals surface area contributed by atoms with Crippen LogP contribution in [-0.2, 0) is 19.5 Å². The van der Waals surface area contributed by atoms with Crippen LogP contribution in [0.3, 0.4) is 0 Å². The maximum absolute atomic E-state index is 12.0. The molecule has 0 fully saturated rings. The van der Waals surface area contributed by atoms with Crippen molar-refractivity contribution in [3.8, 4) is 0 Å². The molecule has 2 rings (SSSR count). The fourth-order valence-electron chi connectivity index (χ4n) is 1.81. The highest BCUT2D eigenvalue weighted by Gasteiger charge is 2.16. The van der Waals surface area contributed by atoms with Crippen molar-refractivity contribution in [2.45, 2.75) is 25.6 Å². The van der Waals surface area contributed by atoms with Gasteiger partial charge in [-0.25, -0.2) is 4.98 Å². The molecule has 0 aliphatic carbocycles. The van der Waals surface area contributed by atoms with E-state index in [1.165, 1.54) is 10.9 Å². The second-order valence-electron chi connectivity index (χ2n) is 3.89. The lowest BCUT2D eigenvalue weighted by atomic mass is 10.1. The van der Waals surface area contributed by atoms with E-state index in [0.29, 0.717) is 18.5 Å². The molecule has 16 heavy (non-hydrogen) atoms. The zero-order valence-electron chi connectivity index (χ0n) is 8.89. The first kappa shape index (κ1) is 11.3. The maximum Gasteiger partial charge on any atom is 0.256 e. The minimum absolute atomic E-state index is 0.0864. The van der Waals surface area contributed by atoms with Gasteiger partial charge in [-0.1, -0.05) is 0 Å². The second-order valence-corrected chi connectivity index (χ2v) is 3.89. The Morgan fingerprint density at radius 3 is 3.19 bits per heavy atom. The van der Waals surface area contributed by atoms with E-state index in [4.69, 9.17) is 5.11 Å². The fourth-order valence-corrected chi connectivity index (χ4v) is 1.81. The third kappa shape index (κ3) is 2.13. The van der Waals surface area contributed by atoms with Crippen LogP contribution in [0.15, 0.2) is 11.1 Å². The molecule has 88 valence electrons. The summed E-state index contributed by atoms with van der Waals surface area (Å²) in [5, 5.41) is 21.2. The summed E-state index contributed by atoms with van der Waals surface area (Å²) >= 11 is 0. The molecule has 0 radical (unpaired) electrons. The van der Waals surface area contributed by atoms with Crippen LogP contribution in [0.2, 0.25) is 0 Å². The zero-order valence-corrected chi connectivity index (χ0v) is 8.89. The minimum atomic E-state index is -0.917. The Kier molecular flexibility index (Phi) is 3.33. The molecule has 2 heterocycles. The first-order chi connectivity index (χ1) is 7.72. The van der Waals surface area contributed by atoms with Crippen molar-refractivity contribution in [2.75, 3.05) is 13.2 Å². The molecule has 1 atom stereocenters. The number of aliphatic hydroxyl groups excluding tert-OH is 2. The topological polar surface area (TPSA) is 87.4 Å². The third-order valence-corrected chi connectivity index (χ3v) is 2.68. The number of hydrogen-bond donors (Lipinski definition) is 3. The van der Waals surface area contributed by atoms with Gasteiger partial charge in [-0.15, -0.1) is 0 Å². The average Bonchev–Trinajstić information content (AvgIpc) is 2.33. The summed E-state index contributed by atoms with van der Waals surface area (Å²) in [6, 6.07) is 0. The standard InChI is InChI=1S/C10H15N3O3/c14-5-7(15)4-13-6-12-9-3-11-2-1-8(9)10(13)16/h6-7,11,14-15H,1-5H2. The highest BCUT2D eigenvalue weighted by Crippen LogP contribution is 2.05. The fraction of sp³-hybridized carbons (Fsp3) is 0.600. The van der Waals surface area contributed by atoms with Crippen molar-refractivity contribution in [3.63, 3.8) is 0 Å². The molecule has 1 unspecified atom stereocenters. The molecule has 1 aliphatic rings. The van der Waals surface area contributed by atoms with Gasteiger partial charge in [0.1, 0.15) is 0 Å². The zero-order chi connectivity index (χ0) is 11.5. The molecule has 1 aromatic rings. The molecular weight excluding hydrogens is 210 g/mol. The number of nitrogens with one attached hydrogen (secondary N) is 1. The molecular formula is C10H15N3O3. The Balaban J connectivity index is 2.31. The van der Waals surface area contributed by atoms with E-state index in [2.05, 4.69) is 10.3 Å². The van der Waals surface area contributed by atoms with Gasteiger partial charge in [-0.2, -0.15) is 0 Å². The van der Waals surface area contributed by atoms with Gasteiger partial charge in [0.15, 0.2) is 0 Å². The summed E-state index contributed by atoms with van der Waals surface area (Å²) in [7, 11) is 0. The van der Waals surface area contributed by atoms with Crippen LogP contribution in [0, 0.1) is 0 Å². The van der Waals surface area contributed by atoms with Crippen molar-refractivity contribution in [1.82, 2.24) is 14.9 Å². The maximum atomic E-state index is 12.0. The van der Waals surface area contributed by atoms with Crippen molar-refractivity contribution in [1.29, 1.82) is 0 Å². The van der Waals surface area contributed by atoms with Gasteiger partial charge in [0.25, 0.3) is 5.56 Å². The van der Waals surface area contributed by atoms with Crippen LogP contribution in [0.4, 0.5) is 0 Å². The van der Waals surface area contributed by atoms with Crippen molar-refractivity contribution in [3.05, 3.63) is 27.9 Å². The van der Waals surface area contributed by atoms with Crippen LogP contribution >= 0.6 is 0 Å². The van der Waals surface area contributed by atoms with Gasteiger partial charge < -0.3 is 15.5 Å². The van der Waals surface area contributed by atoms with Crippen LogP contribution in [-0.4, -0.2) is 39.0 Å². The second kappa shape index (κ2) is 4.73. The first-order valence-electron chi connectivity index (χ1n) is 5.29. The summed E-state index contributed by atoms with van der Waals surface area (Å²) in [6.07, 6.45) is 1.17. The van der Waals surface area contributed by atoms with Gasteiger partial charge in [-0.3, -0.25) is 9.36 Å². The molecule has 6 heteroatoms. The lowest BCUT2D eigenvalue weighted by Gasteiger charge is -2.17. The summed E-state index contributed by atoms with van der Waals surface area (Å²) in [5.41, 5.74) is 1.39. The van der Waals surface area contributed by atoms with Crippen molar-refractivity contribution >= 4 is 0 Å². The summed E-state index contributed by atoms with van der Waals surface area (Å²) in [4.78, 5) is 16.1. The van der Waals surface area contributed by atoms with Gasteiger partial charge >= 0.3 is 0 Å². The molecule has 6 nitrogen and oxygen atoms in total. The Bertz CT molecular complexity index is 430. The van der Waals surface area contributed by atoms with Gasteiger partial charge in [0, 0.05) is 12.1 Å². The molecule has 1 aromatic heterocycles. The SMILES string of the molecule is O=c1c2c(ncn1CC(O)CO)CNCC2. The normalized spacial score (nSPS) is 16.9. The van der Waals surface area contributed by atoms with Gasteiger partial charge in [0.05, 0.1) is 31.3 Å². The van der Waals surface area contributed by atoms with E-state index in [9.17, 15) is 9.90 Å². The Labute approximate surface area is 92.6 Å². The quantitative estimate of drug-likeness (QED) is 0.567. The van der Waals surface area contributed by atoms with E-state index in [1.54, 1.807) is 0 Å². The Hall–Kier alpha value is -1.24. The smallest absolute Gasteiger partial charge is 0.256 e. The van der Waals surface area contributed by atoms with Crippen LogP contribution in [0.5, 0.6) is 0 Å². The molecule has 1 aliphatic heterocycles. The highest BCUT2D eigenvalue weighted by atomic mass is 16.3. The molecule has 0 bridgehead atoms. The van der Waals surface area contributed by atoms with Crippen molar-refractivity contribution < 1.29 is 10.2 Å². The van der Waals surface area contributed by atoms with Crippen LogP contribution < -0.4 is 10.9 Å². The van der Waals surface area contributed by atoms with E-state index >= 15 is 0 Å². The Morgan fingerprint density at radius 2 is 2.44 bits per heavy atom. The summed E-state index contributed by atoms with van der Waals surface area (Å²) in [5.74, 6) is 0. The van der Waals surface area contributed by atoms with E-state index in [1.807, 2.05) is 0 Å². The molecule has 0 spiro atoms. The van der Waals surface area contributed by atoms with Gasteiger partial charge in [-0.05, 0) is 13.0 Å². The number of hydrogen-bond acceptors (Lipinski definition) is 5.